The summed E-state index contributed by atoms with van der Waals surface area (Å²) in [5, 5.41) is 3.96. The zero-order valence-corrected chi connectivity index (χ0v) is 13.6. The number of aromatic nitrogens is 1. The Hall–Kier alpha value is -2.63. The highest BCUT2D eigenvalue weighted by molar-refractivity contribution is 6.08. The van der Waals surface area contributed by atoms with Crippen molar-refractivity contribution in [1.29, 1.82) is 0 Å². The molecule has 1 aromatic carbocycles. The minimum absolute atomic E-state index is 0.0193. The molecule has 0 N–H and O–H groups in total. The van der Waals surface area contributed by atoms with Crippen LogP contribution in [0.2, 0.25) is 0 Å². The monoisotopic (exact) mass is 325 g/mol. The fraction of sp³-hybridized carbons (Fsp3) is 0.389. The fourth-order valence-corrected chi connectivity index (χ4v) is 3.18. The minimum Gasteiger partial charge on any atom is -0.360 e. The number of benzene rings is 1. The van der Waals surface area contributed by atoms with Gasteiger partial charge in [-0.3, -0.25) is 9.59 Å². The van der Waals surface area contributed by atoms with Crippen LogP contribution in [-0.4, -0.2) is 30.1 Å². The molecule has 2 aliphatic rings. The molecule has 0 bridgehead atoms. The molecular formula is C18H19N3O3. The van der Waals surface area contributed by atoms with E-state index in [2.05, 4.69) is 5.16 Å². The van der Waals surface area contributed by atoms with Crippen LogP contribution in [0.25, 0.3) is 0 Å². The Morgan fingerprint density at radius 2 is 1.79 bits per heavy atom. The van der Waals surface area contributed by atoms with Crippen LogP contribution >= 0.6 is 0 Å². The number of hydrogen-bond donors (Lipinski definition) is 0. The van der Waals surface area contributed by atoms with Crippen molar-refractivity contribution in [1.82, 2.24) is 5.16 Å². The Labute approximate surface area is 140 Å². The average Bonchev–Trinajstić information content (AvgIpc) is 3.35. The zero-order chi connectivity index (χ0) is 16.7. The van der Waals surface area contributed by atoms with Crippen LogP contribution in [0.5, 0.6) is 0 Å². The molecule has 1 fully saturated rings. The third-order valence-corrected chi connectivity index (χ3v) is 4.58. The fourth-order valence-electron chi connectivity index (χ4n) is 3.18. The van der Waals surface area contributed by atoms with Gasteiger partial charge in [-0.1, -0.05) is 17.3 Å². The average molecular weight is 325 g/mol. The highest BCUT2D eigenvalue weighted by Crippen LogP contribution is 2.40. The van der Waals surface area contributed by atoms with Gasteiger partial charge in [0.25, 0.3) is 5.91 Å². The largest absolute Gasteiger partial charge is 0.360 e. The maximum Gasteiger partial charge on any atom is 0.280 e. The Bertz CT molecular complexity index is 794. The third kappa shape index (κ3) is 2.58. The first-order valence-electron chi connectivity index (χ1n) is 8.31. The summed E-state index contributed by atoms with van der Waals surface area (Å²) in [6, 6.07) is 9.26. The Kier molecular flexibility index (Phi) is 3.59. The molecule has 0 radical (unpaired) electrons. The molecule has 2 amide bonds. The molecule has 4 rings (SSSR count). The van der Waals surface area contributed by atoms with Crippen molar-refractivity contribution in [2.24, 2.45) is 0 Å². The van der Waals surface area contributed by atoms with E-state index in [1.807, 2.05) is 24.3 Å². The number of anilines is 2. The second kappa shape index (κ2) is 5.78. The van der Waals surface area contributed by atoms with Crippen molar-refractivity contribution in [2.75, 3.05) is 22.9 Å². The van der Waals surface area contributed by atoms with Crippen molar-refractivity contribution >= 4 is 23.2 Å². The topological polar surface area (TPSA) is 66.7 Å². The summed E-state index contributed by atoms with van der Waals surface area (Å²) in [7, 11) is 0. The minimum atomic E-state index is -0.177. The standard InChI is InChI=1S/C18H19N3O3/c1-12(22)20-9-4-10-21(16-6-3-2-5-15(16)20)18(23)14-11-17(24-19-14)13-7-8-13/h2-3,5-6,11,13H,4,7-10H2,1H3. The molecule has 2 aromatic rings. The molecule has 1 saturated carbocycles. The number of para-hydroxylation sites is 2. The first-order chi connectivity index (χ1) is 11.6. The number of hydrogen-bond acceptors (Lipinski definition) is 4. The van der Waals surface area contributed by atoms with Gasteiger partial charge in [-0.15, -0.1) is 0 Å². The normalized spacial score (nSPS) is 17.4. The van der Waals surface area contributed by atoms with Gasteiger partial charge in [0.1, 0.15) is 5.76 Å². The van der Waals surface area contributed by atoms with Crippen LogP contribution in [0, 0.1) is 0 Å². The number of amides is 2. The van der Waals surface area contributed by atoms with Gasteiger partial charge < -0.3 is 14.3 Å². The first-order valence-corrected chi connectivity index (χ1v) is 8.31. The summed E-state index contributed by atoms with van der Waals surface area (Å²) in [5.74, 6) is 1.02. The molecule has 0 spiro atoms. The van der Waals surface area contributed by atoms with Crippen molar-refractivity contribution in [3.8, 4) is 0 Å². The van der Waals surface area contributed by atoms with E-state index in [4.69, 9.17) is 4.52 Å². The molecule has 0 unspecified atom stereocenters. The number of fused-ring (bicyclic) bond motifs is 1. The van der Waals surface area contributed by atoms with Gasteiger partial charge in [-0.2, -0.15) is 0 Å². The Morgan fingerprint density at radius 1 is 1.12 bits per heavy atom. The third-order valence-electron chi connectivity index (χ3n) is 4.58. The van der Waals surface area contributed by atoms with E-state index in [1.165, 1.54) is 0 Å². The van der Waals surface area contributed by atoms with E-state index >= 15 is 0 Å². The van der Waals surface area contributed by atoms with Crippen LogP contribution in [-0.2, 0) is 4.79 Å². The van der Waals surface area contributed by atoms with Gasteiger partial charge in [0, 0.05) is 32.0 Å². The highest BCUT2D eigenvalue weighted by atomic mass is 16.5. The molecule has 0 saturated heterocycles. The molecular weight excluding hydrogens is 306 g/mol. The molecule has 124 valence electrons. The number of nitrogens with zero attached hydrogens (tertiary/aromatic N) is 3. The Balaban J connectivity index is 1.69. The summed E-state index contributed by atoms with van der Waals surface area (Å²) in [5.41, 5.74) is 1.84. The second-order valence-electron chi connectivity index (χ2n) is 6.36. The summed E-state index contributed by atoms with van der Waals surface area (Å²) >= 11 is 0. The number of carbonyl (C=O) groups is 2. The molecule has 24 heavy (non-hydrogen) atoms. The van der Waals surface area contributed by atoms with Crippen molar-refractivity contribution in [3.05, 3.63) is 41.8 Å². The van der Waals surface area contributed by atoms with E-state index in [-0.39, 0.29) is 11.8 Å². The summed E-state index contributed by atoms with van der Waals surface area (Å²) in [6.07, 6.45) is 2.92. The van der Waals surface area contributed by atoms with E-state index in [9.17, 15) is 9.59 Å². The lowest BCUT2D eigenvalue weighted by atomic mass is 10.2. The first kappa shape index (κ1) is 14.9. The highest BCUT2D eigenvalue weighted by Gasteiger charge is 2.32. The van der Waals surface area contributed by atoms with Crippen LogP contribution < -0.4 is 9.80 Å². The lowest BCUT2D eigenvalue weighted by molar-refractivity contribution is -0.116. The van der Waals surface area contributed by atoms with Crippen LogP contribution in [0.3, 0.4) is 0 Å². The van der Waals surface area contributed by atoms with Gasteiger partial charge in [0.05, 0.1) is 11.4 Å². The van der Waals surface area contributed by atoms with Crippen LogP contribution in [0.15, 0.2) is 34.9 Å². The van der Waals surface area contributed by atoms with E-state index in [1.54, 1.807) is 22.8 Å². The smallest absolute Gasteiger partial charge is 0.280 e. The van der Waals surface area contributed by atoms with Gasteiger partial charge in [0.15, 0.2) is 5.69 Å². The molecule has 1 aromatic heterocycles. The van der Waals surface area contributed by atoms with Gasteiger partial charge in [-0.25, -0.2) is 0 Å². The second-order valence-corrected chi connectivity index (χ2v) is 6.36. The van der Waals surface area contributed by atoms with Crippen molar-refractivity contribution in [3.63, 3.8) is 0 Å². The maximum absolute atomic E-state index is 12.9. The molecule has 1 aliphatic carbocycles. The number of rotatable bonds is 2. The Morgan fingerprint density at radius 3 is 2.46 bits per heavy atom. The van der Waals surface area contributed by atoms with E-state index in [0.29, 0.717) is 31.1 Å². The van der Waals surface area contributed by atoms with Gasteiger partial charge >= 0.3 is 0 Å². The maximum atomic E-state index is 12.9. The summed E-state index contributed by atoms with van der Waals surface area (Å²) < 4.78 is 5.32. The molecule has 2 heterocycles. The van der Waals surface area contributed by atoms with E-state index in [0.717, 1.165) is 30.0 Å². The lowest BCUT2D eigenvalue weighted by Crippen LogP contribution is -2.31. The van der Waals surface area contributed by atoms with Crippen LogP contribution in [0.4, 0.5) is 11.4 Å². The number of carbonyl (C=O) groups excluding carboxylic acids is 2. The molecule has 1 aliphatic heterocycles. The van der Waals surface area contributed by atoms with Crippen molar-refractivity contribution in [2.45, 2.75) is 32.1 Å². The quantitative estimate of drug-likeness (QED) is 0.851. The lowest BCUT2D eigenvalue weighted by Gasteiger charge is -2.24. The predicted molar refractivity (Wildman–Crippen MR) is 89.2 cm³/mol. The SMILES string of the molecule is CC(=O)N1CCCN(C(=O)c2cc(C3CC3)on2)c2ccccc21. The van der Waals surface area contributed by atoms with Gasteiger partial charge in [0.2, 0.25) is 5.91 Å². The predicted octanol–water partition coefficient (Wildman–Crippen LogP) is 2.96. The van der Waals surface area contributed by atoms with E-state index < -0.39 is 0 Å². The van der Waals surface area contributed by atoms with Gasteiger partial charge in [-0.05, 0) is 31.4 Å². The molecule has 6 nitrogen and oxygen atoms in total. The molecule has 0 atom stereocenters. The zero-order valence-electron chi connectivity index (χ0n) is 13.6. The summed E-state index contributed by atoms with van der Waals surface area (Å²) in [6.45, 7) is 2.70. The van der Waals surface area contributed by atoms with Crippen molar-refractivity contribution < 1.29 is 14.1 Å². The molecule has 6 heteroatoms. The van der Waals surface area contributed by atoms with Crippen LogP contribution in [0.1, 0.15) is 48.4 Å². The summed E-state index contributed by atoms with van der Waals surface area (Å²) in [4.78, 5) is 28.3.